The fourth-order valence-electron chi connectivity index (χ4n) is 3.25. The van der Waals surface area contributed by atoms with Crippen molar-refractivity contribution in [1.82, 2.24) is 14.5 Å². The van der Waals surface area contributed by atoms with E-state index in [1.807, 2.05) is 0 Å². The highest BCUT2D eigenvalue weighted by Gasteiger charge is 2.30. The molecule has 0 atom stereocenters. The van der Waals surface area contributed by atoms with E-state index in [2.05, 4.69) is 29.1 Å². The monoisotopic (exact) mass is 334 g/mol. The van der Waals surface area contributed by atoms with Crippen LogP contribution in [0.5, 0.6) is 0 Å². The number of aromatic nitrogens is 3. The summed E-state index contributed by atoms with van der Waals surface area (Å²) >= 11 is 0. The van der Waals surface area contributed by atoms with Crippen LogP contribution in [-0.2, 0) is 13.0 Å². The van der Waals surface area contributed by atoms with E-state index in [1.165, 1.54) is 0 Å². The molecule has 0 aliphatic carbocycles. The zero-order valence-corrected chi connectivity index (χ0v) is 14.1. The maximum atomic E-state index is 12.7. The van der Waals surface area contributed by atoms with Gasteiger partial charge in [-0.2, -0.15) is 0 Å². The van der Waals surface area contributed by atoms with E-state index in [0.717, 1.165) is 12.2 Å². The number of carbonyl (C=O) groups excluding carboxylic acids is 1. The Morgan fingerprint density at radius 1 is 1.24 bits per heavy atom. The lowest BCUT2D eigenvalue weighted by Gasteiger charge is -2.13. The van der Waals surface area contributed by atoms with Crippen molar-refractivity contribution in [3.05, 3.63) is 64.5 Å². The summed E-state index contributed by atoms with van der Waals surface area (Å²) in [5.41, 5.74) is 1.55. The number of nitrogens with one attached hydrogen (secondary N) is 1. The summed E-state index contributed by atoms with van der Waals surface area (Å²) in [5, 5.41) is 3.37. The van der Waals surface area contributed by atoms with Crippen LogP contribution in [0.15, 0.2) is 47.4 Å². The van der Waals surface area contributed by atoms with Gasteiger partial charge >= 0.3 is 0 Å². The Balaban J connectivity index is 1.71. The molecule has 1 aliphatic heterocycles. The number of fused-ring (bicyclic) bond motifs is 2. The van der Waals surface area contributed by atoms with Crippen molar-refractivity contribution in [1.29, 1.82) is 0 Å². The Labute approximate surface area is 144 Å². The Bertz CT molecular complexity index is 1040. The summed E-state index contributed by atoms with van der Waals surface area (Å²) in [6, 6.07) is 10.3. The number of carbonyl (C=O) groups is 1. The van der Waals surface area contributed by atoms with Crippen LogP contribution in [0.25, 0.3) is 10.9 Å². The van der Waals surface area contributed by atoms with Crippen molar-refractivity contribution in [2.75, 3.05) is 5.32 Å². The molecule has 0 spiro atoms. The smallest absolute Gasteiger partial charge is 0.274 e. The summed E-state index contributed by atoms with van der Waals surface area (Å²) in [7, 11) is 0. The number of nitrogens with zero attached hydrogens (tertiary/aromatic N) is 3. The number of benzene rings is 1. The second kappa shape index (κ2) is 5.51. The summed E-state index contributed by atoms with van der Waals surface area (Å²) < 4.78 is 1.76. The first kappa shape index (κ1) is 15.5. The van der Waals surface area contributed by atoms with Gasteiger partial charge in [-0.15, -0.1) is 0 Å². The lowest BCUT2D eigenvalue weighted by molar-refractivity contribution is 0.102. The van der Waals surface area contributed by atoms with Gasteiger partial charge in [0, 0.05) is 24.8 Å². The van der Waals surface area contributed by atoms with Gasteiger partial charge in [0.1, 0.15) is 11.5 Å². The van der Waals surface area contributed by atoms with Crippen molar-refractivity contribution < 1.29 is 4.79 Å². The van der Waals surface area contributed by atoms with E-state index in [9.17, 15) is 9.59 Å². The fraction of sp³-hybridized carbons (Fsp3) is 0.263. The minimum atomic E-state index is -0.293. The molecular formula is C19H18N4O2. The largest absolute Gasteiger partial charge is 0.321 e. The summed E-state index contributed by atoms with van der Waals surface area (Å²) in [5.74, 6) is 0.509. The van der Waals surface area contributed by atoms with Gasteiger partial charge in [-0.3, -0.25) is 19.1 Å². The molecule has 0 saturated heterocycles. The van der Waals surface area contributed by atoms with Crippen LogP contribution in [0.2, 0.25) is 0 Å². The molecule has 6 nitrogen and oxygen atoms in total. The molecule has 1 aromatic carbocycles. The van der Waals surface area contributed by atoms with Crippen LogP contribution in [0.3, 0.4) is 0 Å². The summed E-state index contributed by atoms with van der Waals surface area (Å²) in [6.07, 6.45) is 2.34. The van der Waals surface area contributed by atoms with Crippen molar-refractivity contribution in [3.8, 4) is 0 Å². The molecule has 3 heterocycles. The first-order valence-corrected chi connectivity index (χ1v) is 8.19. The quantitative estimate of drug-likeness (QED) is 0.781. The molecule has 2 aromatic heterocycles. The van der Waals surface area contributed by atoms with E-state index >= 15 is 0 Å². The number of amides is 1. The first-order chi connectivity index (χ1) is 11.9. The maximum absolute atomic E-state index is 12.7. The van der Waals surface area contributed by atoms with Gasteiger partial charge in [-0.25, -0.2) is 4.98 Å². The Morgan fingerprint density at radius 2 is 2.08 bits per heavy atom. The highest BCUT2D eigenvalue weighted by molar-refractivity contribution is 6.03. The van der Waals surface area contributed by atoms with E-state index in [4.69, 9.17) is 0 Å². The lowest BCUT2D eigenvalue weighted by Crippen LogP contribution is -2.23. The molecule has 25 heavy (non-hydrogen) atoms. The predicted molar refractivity (Wildman–Crippen MR) is 95.7 cm³/mol. The van der Waals surface area contributed by atoms with Gasteiger partial charge in [0.25, 0.3) is 11.5 Å². The molecule has 3 aromatic rings. The van der Waals surface area contributed by atoms with Gasteiger partial charge in [-0.1, -0.05) is 19.9 Å². The first-order valence-electron chi connectivity index (χ1n) is 8.19. The standard InChI is InChI=1S/C19H18N4O2/c1-19(2)10-16-22-15-9-12(6-7-13(15)18(25)23(16)11-19)21-17(24)14-5-3-4-8-20-14/h3-9H,10-11H2,1-2H3,(H,21,24). The summed E-state index contributed by atoms with van der Waals surface area (Å²) in [6.45, 7) is 4.94. The van der Waals surface area contributed by atoms with Crippen LogP contribution in [-0.4, -0.2) is 20.4 Å². The van der Waals surface area contributed by atoms with Crippen molar-refractivity contribution >= 4 is 22.5 Å². The van der Waals surface area contributed by atoms with E-state index in [-0.39, 0.29) is 16.9 Å². The van der Waals surface area contributed by atoms with Crippen molar-refractivity contribution in [3.63, 3.8) is 0 Å². The fourth-order valence-corrected chi connectivity index (χ4v) is 3.25. The second-order valence-electron chi connectivity index (χ2n) is 7.16. The number of hydrogen-bond acceptors (Lipinski definition) is 4. The highest BCUT2D eigenvalue weighted by atomic mass is 16.2. The van der Waals surface area contributed by atoms with Gasteiger partial charge < -0.3 is 5.32 Å². The second-order valence-corrected chi connectivity index (χ2v) is 7.16. The molecule has 126 valence electrons. The third kappa shape index (κ3) is 2.80. The number of pyridine rings is 1. The third-order valence-corrected chi connectivity index (χ3v) is 4.41. The predicted octanol–water partition coefficient (Wildman–Crippen LogP) is 2.63. The maximum Gasteiger partial charge on any atom is 0.274 e. The van der Waals surface area contributed by atoms with Crippen LogP contribution < -0.4 is 10.9 Å². The minimum Gasteiger partial charge on any atom is -0.321 e. The lowest BCUT2D eigenvalue weighted by atomic mass is 9.92. The molecule has 0 radical (unpaired) electrons. The zero-order valence-electron chi connectivity index (χ0n) is 14.1. The number of anilines is 1. The van der Waals surface area contributed by atoms with E-state index < -0.39 is 0 Å². The molecule has 4 rings (SSSR count). The van der Waals surface area contributed by atoms with Crippen molar-refractivity contribution in [2.45, 2.75) is 26.8 Å². The third-order valence-electron chi connectivity index (χ3n) is 4.41. The molecular weight excluding hydrogens is 316 g/mol. The zero-order chi connectivity index (χ0) is 17.6. The highest BCUT2D eigenvalue weighted by Crippen LogP contribution is 2.30. The molecule has 1 amide bonds. The van der Waals surface area contributed by atoms with Gasteiger partial charge in [0.15, 0.2) is 0 Å². The Kier molecular flexibility index (Phi) is 3.42. The molecule has 0 unspecified atom stereocenters. The Morgan fingerprint density at radius 3 is 2.84 bits per heavy atom. The topological polar surface area (TPSA) is 76.9 Å². The number of rotatable bonds is 2. The minimum absolute atomic E-state index is 0.0202. The van der Waals surface area contributed by atoms with Gasteiger partial charge in [-0.05, 0) is 35.7 Å². The average Bonchev–Trinajstić information content (AvgIpc) is 2.90. The van der Waals surface area contributed by atoms with Crippen LogP contribution >= 0.6 is 0 Å². The number of hydrogen-bond donors (Lipinski definition) is 1. The SMILES string of the molecule is CC1(C)Cc2nc3cc(NC(=O)c4ccccn4)ccc3c(=O)n2C1. The average molecular weight is 334 g/mol. The van der Waals surface area contributed by atoms with E-state index in [0.29, 0.717) is 28.8 Å². The molecule has 0 bridgehead atoms. The molecule has 0 fully saturated rings. The molecule has 1 N–H and O–H groups in total. The molecule has 6 heteroatoms. The molecule has 1 aliphatic rings. The molecule has 0 saturated carbocycles. The van der Waals surface area contributed by atoms with Crippen molar-refractivity contribution in [2.24, 2.45) is 5.41 Å². The van der Waals surface area contributed by atoms with Gasteiger partial charge in [0.05, 0.1) is 10.9 Å². The Hall–Kier alpha value is -3.02. The van der Waals surface area contributed by atoms with E-state index in [1.54, 1.807) is 47.2 Å². The van der Waals surface area contributed by atoms with Gasteiger partial charge in [0.2, 0.25) is 0 Å². The van der Waals surface area contributed by atoms with Crippen LogP contribution in [0.1, 0.15) is 30.2 Å². The van der Waals surface area contributed by atoms with Crippen LogP contribution in [0.4, 0.5) is 5.69 Å². The summed E-state index contributed by atoms with van der Waals surface area (Å²) in [4.78, 5) is 33.6. The normalized spacial score (nSPS) is 15.1. The van der Waals surface area contributed by atoms with Crippen LogP contribution in [0, 0.1) is 5.41 Å².